The zero-order chi connectivity index (χ0) is 19.1. The Labute approximate surface area is 170 Å². The maximum Gasteiger partial charge on any atom is 0.226 e. The second kappa shape index (κ2) is 8.63. The van der Waals surface area contributed by atoms with E-state index < -0.39 is 12.2 Å². The van der Waals surface area contributed by atoms with Gasteiger partial charge in [0.05, 0.1) is 24.9 Å². The van der Waals surface area contributed by atoms with E-state index in [-0.39, 0.29) is 60.5 Å². The molecule has 3 fully saturated rings. The third kappa shape index (κ3) is 3.78. The molecule has 6 nitrogen and oxygen atoms in total. The maximum absolute atomic E-state index is 13.7. The third-order valence-corrected chi connectivity index (χ3v) is 6.54. The van der Waals surface area contributed by atoms with Gasteiger partial charge in [-0.1, -0.05) is 25.1 Å². The van der Waals surface area contributed by atoms with Crippen LogP contribution in [0.15, 0.2) is 24.3 Å². The van der Waals surface area contributed by atoms with Crippen molar-refractivity contribution in [1.82, 2.24) is 10.2 Å². The van der Waals surface area contributed by atoms with Crippen molar-refractivity contribution in [3.8, 4) is 0 Å². The number of hydrogen-bond donors (Lipinski definition) is 3. The van der Waals surface area contributed by atoms with Crippen molar-refractivity contribution in [3.05, 3.63) is 35.6 Å². The number of aliphatic hydroxyl groups excluding tert-OH is 2. The van der Waals surface area contributed by atoms with Gasteiger partial charge in [0.1, 0.15) is 5.82 Å². The summed E-state index contributed by atoms with van der Waals surface area (Å²) in [6.07, 6.45) is -1.76. The van der Waals surface area contributed by atoms with Gasteiger partial charge < -0.3 is 25.2 Å². The van der Waals surface area contributed by atoms with Gasteiger partial charge >= 0.3 is 0 Å². The van der Waals surface area contributed by atoms with E-state index in [1.54, 1.807) is 23.1 Å². The van der Waals surface area contributed by atoms with Gasteiger partial charge in [0.15, 0.2) is 0 Å². The van der Waals surface area contributed by atoms with Gasteiger partial charge in [-0.15, -0.1) is 12.4 Å². The molecule has 0 aromatic heterocycles. The Hall–Kier alpha value is -1.25. The Balaban J connectivity index is 0.00000225. The number of carbonyl (C=O) groups excluding carboxylic acids is 1. The average molecular weight is 415 g/mol. The molecule has 0 unspecified atom stereocenters. The number of ether oxygens (including phenoxy) is 1. The number of carbonyl (C=O) groups is 1. The van der Waals surface area contributed by atoms with E-state index in [0.29, 0.717) is 31.7 Å². The second-order valence-electron chi connectivity index (χ2n) is 8.12. The molecule has 4 rings (SSSR count). The fraction of sp³-hybridized carbons (Fsp3) is 0.650. The standard InChI is InChI=1S/C20H27FN2O4.ClH/c1-11-17(14-6-22-7-15(14)19(25)18(11)24)20(26)23-8-13(9-23)27-10-12-4-2-3-5-16(12)21;/h2-5,11,13-15,17-19,22,24-25H,6-10H2,1H3;1H/t11-,14+,15+,17+,18+,19+;/m1./s1. The van der Waals surface area contributed by atoms with E-state index in [1.165, 1.54) is 6.07 Å². The molecule has 1 aromatic carbocycles. The number of benzene rings is 1. The van der Waals surface area contributed by atoms with Crippen LogP contribution in [0.2, 0.25) is 0 Å². The Morgan fingerprint density at radius 2 is 1.89 bits per heavy atom. The minimum atomic E-state index is -0.880. The first kappa shape index (κ1) is 21.5. The first-order valence-electron chi connectivity index (χ1n) is 9.68. The van der Waals surface area contributed by atoms with Gasteiger partial charge in [-0.2, -0.15) is 0 Å². The minimum absolute atomic E-state index is 0. The molecule has 6 atom stereocenters. The highest BCUT2D eigenvalue weighted by atomic mass is 35.5. The van der Waals surface area contributed by atoms with Crippen molar-refractivity contribution < 1.29 is 24.1 Å². The van der Waals surface area contributed by atoms with Crippen LogP contribution in [0.3, 0.4) is 0 Å². The van der Waals surface area contributed by atoms with Gasteiger partial charge in [0.2, 0.25) is 5.91 Å². The molecule has 156 valence electrons. The van der Waals surface area contributed by atoms with E-state index in [9.17, 15) is 19.4 Å². The van der Waals surface area contributed by atoms with Crippen molar-refractivity contribution in [3.63, 3.8) is 0 Å². The Bertz CT molecular complexity index is 703. The van der Waals surface area contributed by atoms with Crippen LogP contribution in [-0.2, 0) is 16.1 Å². The van der Waals surface area contributed by atoms with Gasteiger partial charge in [-0.05, 0) is 24.4 Å². The number of aliphatic hydroxyl groups is 2. The lowest BCUT2D eigenvalue weighted by atomic mass is 9.65. The molecular formula is C20H28ClFN2O4. The lowest BCUT2D eigenvalue weighted by Crippen LogP contribution is -2.61. The fourth-order valence-corrected chi connectivity index (χ4v) is 4.82. The molecule has 0 radical (unpaired) electrons. The average Bonchev–Trinajstić information content (AvgIpc) is 3.09. The van der Waals surface area contributed by atoms with E-state index in [2.05, 4.69) is 5.32 Å². The van der Waals surface area contributed by atoms with Crippen LogP contribution in [0.5, 0.6) is 0 Å². The lowest BCUT2D eigenvalue weighted by molar-refractivity contribution is -0.167. The maximum atomic E-state index is 13.7. The highest BCUT2D eigenvalue weighted by Crippen LogP contribution is 2.42. The summed E-state index contributed by atoms with van der Waals surface area (Å²) in [5, 5.41) is 23.9. The molecule has 2 saturated heterocycles. The van der Waals surface area contributed by atoms with E-state index >= 15 is 0 Å². The van der Waals surface area contributed by atoms with Crippen molar-refractivity contribution in [2.75, 3.05) is 26.2 Å². The van der Waals surface area contributed by atoms with Crippen LogP contribution in [-0.4, -0.2) is 65.5 Å². The highest BCUT2D eigenvalue weighted by molar-refractivity contribution is 5.85. The molecule has 8 heteroatoms. The number of halogens is 2. The molecule has 2 aliphatic heterocycles. The zero-order valence-electron chi connectivity index (χ0n) is 15.8. The van der Waals surface area contributed by atoms with Crippen molar-refractivity contribution in [1.29, 1.82) is 0 Å². The highest BCUT2D eigenvalue weighted by Gasteiger charge is 2.53. The number of fused-ring (bicyclic) bond motifs is 1. The van der Waals surface area contributed by atoms with E-state index in [4.69, 9.17) is 4.74 Å². The van der Waals surface area contributed by atoms with Crippen molar-refractivity contribution in [2.24, 2.45) is 23.7 Å². The summed E-state index contributed by atoms with van der Waals surface area (Å²) in [5.74, 6) is -0.877. The van der Waals surface area contributed by atoms with Crippen molar-refractivity contribution in [2.45, 2.75) is 31.8 Å². The van der Waals surface area contributed by atoms with E-state index in [0.717, 1.165) is 0 Å². The summed E-state index contributed by atoms with van der Waals surface area (Å²) in [6.45, 7) is 4.33. The monoisotopic (exact) mass is 414 g/mol. The number of amides is 1. The van der Waals surface area contributed by atoms with Crippen LogP contribution in [0.4, 0.5) is 4.39 Å². The summed E-state index contributed by atoms with van der Waals surface area (Å²) < 4.78 is 19.4. The van der Waals surface area contributed by atoms with Crippen LogP contribution in [0.1, 0.15) is 12.5 Å². The molecule has 1 saturated carbocycles. The van der Waals surface area contributed by atoms with Gasteiger partial charge in [-0.25, -0.2) is 4.39 Å². The minimum Gasteiger partial charge on any atom is -0.390 e. The van der Waals surface area contributed by atoms with Gasteiger partial charge in [-0.3, -0.25) is 4.79 Å². The fourth-order valence-electron chi connectivity index (χ4n) is 4.82. The van der Waals surface area contributed by atoms with Crippen LogP contribution < -0.4 is 5.32 Å². The number of rotatable bonds is 4. The van der Waals surface area contributed by atoms with Crippen LogP contribution >= 0.6 is 12.4 Å². The normalized spacial score (nSPS) is 35.1. The SMILES string of the molecule is C[C@H]1[C@H](O)[C@@H](O)[C@H]2CNC[C@@H]2[C@H]1C(=O)N1CC(OCc2ccccc2F)C1.Cl. The summed E-state index contributed by atoms with van der Waals surface area (Å²) in [6, 6.07) is 6.52. The molecule has 0 bridgehead atoms. The van der Waals surface area contributed by atoms with Gasteiger partial charge in [0.25, 0.3) is 0 Å². The molecule has 1 amide bonds. The molecule has 1 aliphatic carbocycles. The number of nitrogens with zero attached hydrogens (tertiary/aromatic N) is 1. The molecule has 3 N–H and O–H groups in total. The quantitative estimate of drug-likeness (QED) is 0.679. The molecule has 2 heterocycles. The first-order valence-corrected chi connectivity index (χ1v) is 9.68. The molecule has 0 spiro atoms. The predicted octanol–water partition coefficient (Wildman–Crippen LogP) is 0.798. The smallest absolute Gasteiger partial charge is 0.226 e. The van der Waals surface area contributed by atoms with Crippen LogP contribution in [0, 0.1) is 29.5 Å². The molecule has 1 aromatic rings. The molecular weight excluding hydrogens is 387 g/mol. The Morgan fingerprint density at radius 3 is 2.61 bits per heavy atom. The summed E-state index contributed by atoms with van der Waals surface area (Å²) >= 11 is 0. The van der Waals surface area contributed by atoms with Gasteiger partial charge in [0, 0.05) is 37.0 Å². The first-order chi connectivity index (χ1) is 13.0. The number of nitrogens with one attached hydrogen (secondary N) is 1. The summed E-state index contributed by atoms with van der Waals surface area (Å²) in [4.78, 5) is 14.8. The molecule has 3 aliphatic rings. The third-order valence-electron chi connectivity index (χ3n) is 6.54. The Morgan fingerprint density at radius 1 is 1.21 bits per heavy atom. The second-order valence-corrected chi connectivity index (χ2v) is 8.12. The van der Waals surface area contributed by atoms with Crippen molar-refractivity contribution >= 4 is 18.3 Å². The predicted molar refractivity (Wildman–Crippen MR) is 103 cm³/mol. The topological polar surface area (TPSA) is 82.0 Å². The number of likely N-dealkylation sites (tertiary alicyclic amines) is 1. The summed E-state index contributed by atoms with van der Waals surface area (Å²) in [7, 11) is 0. The largest absolute Gasteiger partial charge is 0.390 e. The van der Waals surface area contributed by atoms with E-state index in [1.807, 2.05) is 6.92 Å². The lowest BCUT2D eigenvalue weighted by Gasteiger charge is -2.48. The Kier molecular flexibility index (Phi) is 6.61. The zero-order valence-corrected chi connectivity index (χ0v) is 16.6. The summed E-state index contributed by atoms with van der Waals surface area (Å²) in [5.41, 5.74) is 0.514. The number of hydrogen-bond acceptors (Lipinski definition) is 5. The van der Waals surface area contributed by atoms with Crippen LogP contribution in [0.25, 0.3) is 0 Å². The molecule has 28 heavy (non-hydrogen) atoms.